The molecule has 6 heteroatoms. The van der Waals surface area contributed by atoms with Crippen molar-refractivity contribution >= 4 is 36.5 Å². The minimum absolute atomic E-state index is 0. The molecule has 0 spiro atoms. The van der Waals surface area contributed by atoms with Crippen LogP contribution in [0.4, 0.5) is 5.69 Å². The molecule has 0 amide bonds. The average molecular weight is 267 g/mol. The van der Waals surface area contributed by atoms with Gasteiger partial charge in [0.15, 0.2) is 0 Å². The first-order chi connectivity index (χ1) is 6.77. The van der Waals surface area contributed by atoms with Gasteiger partial charge in [-0.2, -0.15) is 0 Å². The summed E-state index contributed by atoms with van der Waals surface area (Å²) in [4.78, 5) is 11.2. The van der Waals surface area contributed by atoms with Gasteiger partial charge in [-0.15, -0.1) is 24.8 Å². The van der Waals surface area contributed by atoms with Crippen molar-refractivity contribution in [3.8, 4) is 0 Å². The van der Waals surface area contributed by atoms with Gasteiger partial charge in [0.2, 0.25) is 0 Å². The number of benzene rings is 1. The van der Waals surface area contributed by atoms with E-state index in [0.717, 1.165) is 5.69 Å². The Bertz CT molecular complexity index is 321. The van der Waals surface area contributed by atoms with Gasteiger partial charge in [0, 0.05) is 18.8 Å². The van der Waals surface area contributed by atoms with Crippen LogP contribution in [0.5, 0.6) is 0 Å². The number of rotatable bonds is 4. The molecule has 0 aliphatic heterocycles. The summed E-state index contributed by atoms with van der Waals surface area (Å²) in [5, 5.41) is 3.08. The number of carbonyl (C=O) groups is 1. The van der Waals surface area contributed by atoms with E-state index in [0.29, 0.717) is 18.7 Å². The lowest BCUT2D eigenvalue weighted by molar-refractivity contribution is 0.0601. The molecule has 1 aromatic carbocycles. The standard InChI is InChI=1S/C10H14N2O2.2ClH/c1-14-10(13)8-3-2-4-9(7-8)12-6-5-11;;/h2-4,7,12H,5-6,11H2,1H3;2*1H. The summed E-state index contributed by atoms with van der Waals surface area (Å²) in [5.41, 5.74) is 6.76. The topological polar surface area (TPSA) is 64.3 Å². The Labute approximate surface area is 107 Å². The van der Waals surface area contributed by atoms with Gasteiger partial charge in [0.05, 0.1) is 12.7 Å². The van der Waals surface area contributed by atoms with Crippen molar-refractivity contribution in [2.45, 2.75) is 0 Å². The van der Waals surface area contributed by atoms with Crippen LogP contribution in [0.1, 0.15) is 10.4 Å². The van der Waals surface area contributed by atoms with Gasteiger partial charge in [-0.3, -0.25) is 0 Å². The Hall–Kier alpha value is -0.970. The van der Waals surface area contributed by atoms with Crippen LogP contribution < -0.4 is 11.1 Å². The molecular formula is C10H16Cl2N2O2. The van der Waals surface area contributed by atoms with E-state index in [4.69, 9.17) is 5.73 Å². The lowest BCUT2D eigenvalue weighted by Crippen LogP contribution is -2.13. The van der Waals surface area contributed by atoms with E-state index >= 15 is 0 Å². The third-order valence-electron chi connectivity index (χ3n) is 1.76. The van der Waals surface area contributed by atoms with Crippen molar-refractivity contribution < 1.29 is 9.53 Å². The normalized spacial score (nSPS) is 8.38. The molecule has 0 unspecified atom stereocenters. The number of hydrogen-bond acceptors (Lipinski definition) is 4. The van der Waals surface area contributed by atoms with E-state index in [-0.39, 0.29) is 30.8 Å². The van der Waals surface area contributed by atoms with Crippen LogP contribution in [0.2, 0.25) is 0 Å². The van der Waals surface area contributed by atoms with E-state index in [1.807, 2.05) is 6.07 Å². The molecule has 16 heavy (non-hydrogen) atoms. The van der Waals surface area contributed by atoms with Gasteiger partial charge >= 0.3 is 5.97 Å². The van der Waals surface area contributed by atoms with Crippen LogP contribution in [0.25, 0.3) is 0 Å². The van der Waals surface area contributed by atoms with Crippen molar-refractivity contribution in [1.82, 2.24) is 0 Å². The summed E-state index contributed by atoms with van der Waals surface area (Å²) in [6, 6.07) is 7.12. The maximum atomic E-state index is 11.2. The fourth-order valence-electron chi connectivity index (χ4n) is 1.09. The Kier molecular flexibility index (Phi) is 10.1. The Morgan fingerprint density at radius 1 is 1.44 bits per heavy atom. The molecule has 0 aromatic heterocycles. The van der Waals surface area contributed by atoms with Crippen molar-refractivity contribution in [3.63, 3.8) is 0 Å². The first-order valence-electron chi connectivity index (χ1n) is 4.40. The molecule has 1 aromatic rings. The number of esters is 1. The Morgan fingerprint density at radius 3 is 2.69 bits per heavy atom. The van der Waals surface area contributed by atoms with Gasteiger partial charge in [-0.25, -0.2) is 4.79 Å². The first kappa shape index (κ1) is 17.4. The van der Waals surface area contributed by atoms with E-state index in [1.165, 1.54) is 7.11 Å². The summed E-state index contributed by atoms with van der Waals surface area (Å²) in [7, 11) is 1.36. The number of anilines is 1. The van der Waals surface area contributed by atoms with E-state index in [1.54, 1.807) is 18.2 Å². The lowest BCUT2D eigenvalue weighted by atomic mass is 10.2. The zero-order valence-corrected chi connectivity index (χ0v) is 10.6. The fourth-order valence-corrected chi connectivity index (χ4v) is 1.09. The van der Waals surface area contributed by atoms with Gasteiger partial charge < -0.3 is 15.8 Å². The quantitative estimate of drug-likeness (QED) is 0.815. The highest BCUT2D eigenvalue weighted by Gasteiger charge is 2.04. The maximum absolute atomic E-state index is 11.2. The minimum Gasteiger partial charge on any atom is -0.465 e. The van der Waals surface area contributed by atoms with Gasteiger partial charge in [-0.05, 0) is 18.2 Å². The van der Waals surface area contributed by atoms with Crippen molar-refractivity contribution in [2.75, 3.05) is 25.5 Å². The molecule has 0 aliphatic carbocycles. The number of nitrogens with two attached hydrogens (primary N) is 1. The molecule has 0 bridgehead atoms. The Morgan fingerprint density at radius 2 is 2.12 bits per heavy atom. The monoisotopic (exact) mass is 266 g/mol. The number of hydrogen-bond donors (Lipinski definition) is 2. The number of carbonyl (C=O) groups excluding carboxylic acids is 1. The molecule has 0 atom stereocenters. The van der Waals surface area contributed by atoms with E-state index in [2.05, 4.69) is 10.1 Å². The number of ether oxygens (including phenoxy) is 1. The Balaban J connectivity index is 0. The predicted molar refractivity (Wildman–Crippen MR) is 69.8 cm³/mol. The van der Waals surface area contributed by atoms with E-state index < -0.39 is 0 Å². The summed E-state index contributed by atoms with van der Waals surface area (Å²) in [6.45, 7) is 1.24. The van der Waals surface area contributed by atoms with Gasteiger partial charge in [0.1, 0.15) is 0 Å². The lowest BCUT2D eigenvalue weighted by Gasteiger charge is -2.05. The van der Waals surface area contributed by atoms with Crippen LogP contribution in [0.15, 0.2) is 24.3 Å². The SMILES string of the molecule is COC(=O)c1cccc(NCCN)c1.Cl.Cl. The zero-order valence-electron chi connectivity index (χ0n) is 8.93. The smallest absolute Gasteiger partial charge is 0.337 e. The largest absolute Gasteiger partial charge is 0.465 e. The molecular weight excluding hydrogens is 251 g/mol. The molecule has 0 saturated heterocycles. The molecule has 92 valence electrons. The summed E-state index contributed by atoms with van der Waals surface area (Å²) in [5.74, 6) is -0.332. The highest BCUT2D eigenvalue weighted by atomic mass is 35.5. The average Bonchev–Trinajstić information content (AvgIpc) is 2.25. The van der Waals surface area contributed by atoms with Crippen LogP contribution >= 0.6 is 24.8 Å². The van der Waals surface area contributed by atoms with Gasteiger partial charge in [0.25, 0.3) is 0 Å². The molecule has 0 heterocycles. The van der Waals surface area contributed by atoms with Crippen molar-refractivity contribution in [2.24, 2.45) is 5.73 Å². The van der Waals surface area contributed by atoms with Crippen molar-refractivity contribution in [3.05, 3.63) is 29.8 Å². The van der Waals surface area contributed by atoms with Crippen molar-refractivity contribution in [1.29, 1.82) is 0 Å². The molecule has 0 radical (unpaired) electrons. The summed E-state index contributed by atoms with van der Waals surface area (Å²) < 4.78 is 4.60. The fraction of sp³-hybridized carbons (Fsp3) is 0.300. The molecule has 4 nitrogen and oxygen atoms in total. The molecule has 3 N–H and O–H groups in total. The second kappa shape index (κ2) is 9.27. The van der Waals surface area contributed by atoms with Crippen LogP contribution in [0, 0.1) is 0 Å². The van der Waals surface area contributed by atoms with Crippen LogP contribution in [0.3, 0.4) is 0 Å². The molecule has 0 fully saturated rings. The van der Waals surface area contributed by atoms with Crippen LogP contribution in [-0.2, 0) is 4.74 Å². The van der Waals surface area contributed by atoms with E-state index in [9.17, 15) is 4.79 Å². The first-order valence-corrected chi connectivity index (χ1v) is 4.40. The minimum atomic E-state index is -0.332. The highest BCUT2D eigenvalue weighted by molar-refractivity contribution is 5.90. The summed E-state index contributed by atoms with van der Waals surface area (Å²) in [6.07, 6.45) is 0. The zero-order chi connectivity index (χ0) is 10.4. The number of halogens is 2. The highest BCUT2D eigenvalue weighted by Crippen LogP contribution is 2.10. The second-order valence-corrected chi connectivity index (χ2v) is 2.79. The second-order valence-electron chi connectivity index (χ2n) is 2.79. The molecule has 0 saturated carbocycles. The van der Waals surface area contributed by atoms with Gasteiger partial charge in [-0.1, -0.05) is 6.07 Å². The third-order valence-corrected chi connectivity index (χ3v) is 1.76. The summed E-state index contributed by atoms with van der Waals surface area (Å²) >= 11 is 0. The molecule has 1 rings (SSSR count). The number of methoxy groups -OCH3 is 1. The number of nitrogens with one attached hydrogen (secondary N) is 1. The third kappa shape index (κ3) is 5.21. The predicted octanol–water partition coefficient (Wildman–Crippen LogP) is 1.69. The van der Waals surface area contributed by atoms with Crippen LogP contribution in [-0.4, -0.2) is 26.2 Å². The molecule has 0 aliphatic rings. The maximum Gasteiger partial charge on any atom is 0.337 e.